The van der Waals surface area contributed by atoms with Gasteiger partial charge in [-0.3, -0.25) is 4.98 Å². The molecule has 5 heteroatoms. The zero-order chi connectivity index (χ0) is 8.10. The summed E-state index contributed by atoms with van der Waals surface area (Å²) in [7, 11) is -2.33. The molecule has 0 amide bonds. The Balaban J connectivity index is 2.74. The fraction of sp³-hybridized carbons (Fsp3) is 0.167. The van der Waals surface area contributed by atoms with Gasteiger partial charge in [0, 0.05) is 6.20 Å². The number of nitrogens with zero attached hydrogens (tertiary/aromatic N) is 2. The SMILES string of the molecule is O=S(=O)=NCc1ccccn1. The van der Waals surface area contributed by atoms with Crippen LogP contribution in [0, 0.1) is 0 Å². The lowest BCUT2D eigenvalue weighted by Crippen LogP contribution is -1.83. The van der Waals surface area contributed by atoms with Crippen LogP contribution in [0.4, 0.5) is 0 Å². The van der Waals surface area contributed by atoms with E-state index in [0.29, 0.717) is 5.69 Å². The second kappa shape index (κ2) is 3.82. The highest BCUT2D eigenvalue weighted by molar-refractivity contribution is 7.61. The second-order valence-corrected chi connectivity index (χ2v) is 2.52. The average molecular weight is 170 g/mol. The fourth-order valence-corrected chi connectivity index (χ4v) is 0.848. The van der Waals surface area contributed by atoms with E-state index in [9.17, 15) is 8.42 Å². The maximum atomic E-state index is 9.98. The van der Waals surface area contributed by atoms with Crippen molar-refractivity contribution in [2.75, 3.05) is 0 Å². The van der Waals surface area contributed by atoms with Crippen molar-refractivity contribution < 1.29 is 8.42 Å². The Morgan fingerprint density at radius 3 is 2.82 bits per heavy atom. The van der Waals surface area contributed by atoms with Crippen LogP contribution in [-0.4, -0.2) is 13.4 Å². The first-order valence-electron chi connectivity index (χ1n) is 2.96. The molecule has 11 heavy (non-hydrogen) atoms. The monoisotopic (exact) mass is 170 g/mol. The van der Waals surface area contributed by atoms with Crippen molar-refractivity contribution in [2.45, 2.75) is 6.54 Å². The molecule has 0 aliphatic rings. The van der Waals surface area contributed by atoms with E-state index in [4.69, 9.17) is 0 Å². The molecule has 0 saturated heterocycles. The summed E-state index contributed by atoms with van der Waals surface area (Å²) in [6.07, 6.45) is 1.60. The molecule has 1 aromatic heterocycles. The first-order chi connectivity index (χ1) is 5.29. The van der Waals surface area contributed by atoms with Crippen LogP contribution in [0.2, 0.25) is 0 Å². The van der Waals surface area contributed by atoms with Crippen molar-refractivity contribution in [1.82, 2.24) is 4.98 Å². The maximum Gasteiger partial charge on any atom is 0.311 e. The van der Waals surface area contributed by atoms with E-state index < -0.39 is 10.5 Å². The van der Waals surface area contributed by atoms with Gasteiger partial charge in [-0.05, 0) is 12.1 Å². The van der Waals surface area contributed by atoms with Crippen molar-refractivity contribution in [1.29, 1.82) is 0 Å². The van der Waals surface area contributed by atoms with Gasteiger partial charge in [0.25, 0.3) is 0 Å². The van der Waals surface area contributed by atoms with Gasteiger partial charge in [-0.2, -0.15) is 12.8 Å². The molecular weight excluding hydrogens is 164 g/mol. The Kier molecular flexibility index (Phi) is 2.74. The Hall–Kier alpha value is -1.23. The lowest BCUT2D eigenvalue weighted by Gasteiger charge is -1.88. The summed E-state index contributed by atoms with van der Waals surface area (Å²) >= 11 is 0. The number of pyridine rings is 1. The topological polar surface area (TPSA) is 59.4 Å². The zero-order valence-corrected chi connectivity index (χ0v) is 6.45. The van der Waals surface area contributed by atoms with E-state index in [0.717, 1.165) is 0 Å². The summed E-state index contributed by atoms with van der Waals surface area (Å²) in [4.78, 5) is 3.88. The molecule has 58 valence electrons. The molecule has 0 spiro atoms. The highest BCUT2D eigenvalue weighted by Crippen LogP contribution is 1.94. The van der Waals surface area contributed by atoms with Gasteiger partial charge in [-0.15, -0.1) is 0 Å². The lowest BCUT2D eigenvalue weighted by atomic mass is 10.4. The molecular formula is C6H6N2O2S. The van der Waals surface area contributed by atoms with Gasteiger partial charge in [-0.1, -0.05) is 6.07 Å². The minimum atomic E-state index is -2.33. The van der Waals surface area contributed by atoms with Crippen molar-refractivity contribution in [2.24, 2.45) is 4.36 Å². The third-order valence-electron chi connectivity index (χ3n) is 1.06. The summed E-state index contributed by atoms with van der Waals surface area (Å²) in [5.41, 5.74) is 0.650. The third-order valence-corrected chi connectivity index (χ3v) is 1.40. The highest BCUT2D eigenvalue weighted by Gasteiger charge is 1.87. The van der Waals surface area contributed by atoms with Crippen LogP contribution in [0.25, 0.3) is 0 Å². The van der Waals surface area contributed by atoms with E-state index >= 15 is 0 Å². The average Bonchev–Trinajstić information content (AvgIpc) is 2.03. The lowest BCUT2D eigenvalue weighted by molar-refractivity contribution is 0.619. The minimum absolute atomic E-state index is 0.122. The summed E-state index contributed by atoms with van der Waals surface area (Å²) in [5.74, 6) is 0. The van der Waals surface area contributed by atoms with Crippen LogP contribution in [0.15, 0.2) is 28.8 Å². The summed E-state index contributed by atoms with van der Waals surface area (Å²) < 4.78 is 23.2. The van der Waals surface area contributed by atoms with Crippen LogP contribution < -0.4 is 0 Å². The van der Waals surface area contributed by atoms with E-state index in [-0.39, 0.29) is 6.54 Å². The van der Waals surface area contributed by atoms with Crippen LogP contribution in [0.5, 0.6) is 0 Å². The number of aromatic nitrogens is 1. The third kappa shape index (κ3) is 2.90. The fourth-order valence-electron chi connectivity index (χ4n) is 0.610. The smallest absolute Gasteiger partial charge is 0.259 e. The first kappa shape index (κ1) is 7.87. The van der Waals surface area contributed by atoms with Gasteiger partial charge < -0.3 is 0 Å². The molecule has 0 atom stereocenters. The van der Waals surface area contributed by atoms with Gasteiger partial charge in [-0.25, -0.2) is 0 Å². The van der Waals surface area contributed by atoms with Crippen LogP contribution in [0.3, 0.4) is 0 Å². The van der Waals surface area contributed by atoms with E-state index in [1.807, 2.05) is 0 Å². The molecule has 0 radical (unpaired) electrons. The summed E-state index contributed by atoms with van der Waals surface area (Å²) in [6.45, 7) is 0.122. The van der Waals surface area contributed by atoms with Crippen LogP contribution in [-0.2, 0) is 17.0 Å². The van der Waals surface area contributed by atoms with E-state index in [1.54, 1.807) is 24.4 Å². The molecule has 0 aliphatic carbocycles. The normalized spacial score (nSPS) is 9.09. The Morgan fingerprint density at radius 2 is 2.27 bits per heavy atom. The van der Waals surface area contributed by atoms with Crippen molar-refractivity contribution in [3.8, 4) is 0 Å². The molecule has 0 aromatic carbocycles. The van der Waals surface area contributed by atoms with Crippen molar-refractivity contribution >= 4 is 10.5 Å². The number of hydrogen-bond acceptors (Lipinski definition) is 4. The molecule has 1 heterocycles. The predicted octanol–water partition coefficient (Wildman–Crippen LogP) is 0.644. The van der Waals surface area contributed by atoms with Gasteiger partial charge >= 0.3 is 10.5 Å². The Bertz CT molecular complexity index is 336. The first-order valence-corrected chi connectivity index (χ1v) is 3.99. The molecule has 0 fully saturated rings. The number of hydrogen-bond donors (Lipinski definition) is 0. The molecule has 1 aromatic rings. The van der Waals surface area contributed by atoms with E-state index in [2.05, 4.69) is 9.35 Å². The molecule has 0 aliphatic heterocycles. The zero-order valence-electron chi connectivity index (χ0n) is 5.64. The largest absolute Gasteiger partial charge is 0.311 e. The molecule has 0 unspecified atom stereocenters. The highest BCUT2D eigenvalue weighted by atomic mass is 32.2. The van der Waals surface area contributed by atoms with Gasteiger partial charge in [0.2, 0.25) is 0 Å². The second-order valence-electron chi connectivity index (χ2n) is 1.83. The van der Waals surface area contributed by atoms with E-state index in [1.165, 1.54) is 0 Å². The molecule has 4 nitrogen and oxygen atoms in total. The van der Waals surface area contributed by atoms with Crippen molar-refractivity contribution in [3.63, 3.8) is 0 Å². The minimum Gasteiger partial charge on any atom is -0.259 e. The standard InChI is InChI=1S/C6H6N2O2S/c9-11(10)8-5-6-3-1-2-4-7-6/h1-4H,5H2. The van der Waals surface area contributed by atoms with Crippen LogP contribution in [0.1, 0.15) is 5.69 Å². The number of rotatable bonds is 2. The Labute approximate surface area is 65.6 Å². The quantitative estimate of drug-likeness (QED) is 0.654. The van der Waals surface area contributed by atoms with Gasteiger partial charge in [0.15, 0.2) is 0 Å². The molecule has 0 bridgehead atoms. The Morgan fingerprint density at radius 1 is 1.45 bits per heavy atom. The van der Waals surface area contributed by atoms with Gasteiger partial charge in [0.05, 0.1) is 12.2 Å². The summed E-state index contributed by atoms with van der Waals surface area (Å²) in [6, 6.07) is 5.26. The molecule has 0 saturated carbocycles. The maximum absolute atomic E-state index is 9.98. The predicted molar refractivity (Wildman–Crippen MR) is 39.3 cm³/mol. The van der Waals surface area contributed by atoms with Crippen LogP contribution >= 0.6 is 0 Å². The molecule has 0 N–H and O–H groups in total. The van der Waals surface area contributed by atoms with Crippen molar-refractivity contribution in [3.05, 3.63) is 30.1 Å². The molecule has 1 rings (SSSR count). The summed E-state index contributed by atoms with van der Waals surface area (Å²) in [5, 5.41) is 0. The van der Waals surface area contributed by atoms with Gasteiger partial charge in [0.1, 0.15) is 0 Å².